The van der Waals surface area contributed by atoms with Gasteiger partial charge in [-0.1, -0.05) is 38.6 Å². The summed E-state index contributed by atoms with van der Waals surface area (Å²) in [5.41, 5.74) is 1.14. The first-order chi connectivity index (χ1) is 14.4. The Hall–Kier alpha value is -2.57. The van der Waals surface area contributed by atoms with Gasteiger partial charge in [0.2, 0.25) is 0 Å². The second-order valence-corrected chi connectivity index (χ2v) is 8.12. The molecule has 0 saturated carbocycles. The van der Waals surface area contributed by atoms with E-state index in [0.29, 0.717) is 18.3 Å². The van der Waals surface area contributed by atoms with E-state index < -0.39 is 12.1 Å². The lowest BCUT2D eigenvalue weighted by Crippen LogP contribution is -2.28. The molecule has 1 aliphatic carbocycles. The zero-order valence-electron chi connectivity index (χ0n) is 17.6. The Morgan fingerprint density at radius 3 is 2.63 bits per heavy atom. The topological polar surface area (TPSA) is 77.5 Å². The van der Waals surface area contributed by atoms with Crippen molar-refractivity contribution in [2.75, 3.05) is 26.4 Å². The maximum atomic E-state index is 11.0. The van der Waals surface area contributed by atoms with E-state index in [4.69, 9.17) is 18.9 Å². The van der Waals surface area contributed by atoms with Gasteiger partial charge in [0, 0.05) is 6.08 Å². The van der Waals surface area contributed by atoms with Gasteiger partial charge in [0.05, 0.1) is 6.61 Å². The van der Waals surface area contributed by atoms with Gasteiger partial charge in [0.25, 0.3) is 0 Å². The molecule has 0 radical (unpaired) electrons. The molecule has 6 nitrogen and oxygen atoms in total. The van der Waals surface area contributed by atoms with E-state index in [1.807, 2.05) is 24.3 Å². The average molecular weight is 414 g/mol. The van der Waals surface area contributed by atoms with Crippen LogP contribution in [0.1, 0.15) is 25.8 Å². The van der Waals surface area contributed by atoms with Crippen LogP contribution in [0, 0.1) is 5.92 Å². The van der Waals surface area contributed by atoms with Crippen LogP contribution < -0.4 is 4.74 Å². The number of hydrogen-bond acceptors (Lipinski definition) is 6. The van der Waals surface area contributed by atoms with Crippen LogP contribution >= 0.6 is 0 Å². The van der Waals surface area contributed by atoms with Crippen LogP contribution in [0.3, 0.4) is 0 Å². The molecular weight excluding hydrogens is 384 g/mol. The Labute approximate surface area is 177 Å². The molecular formula is C24H30O6. The van der Waals surface area contributed by atoms with Crippen LogP contribution in [-0.2, 0) is 24.4 Å². The lowest BCUT2D eigenvalue weighted by atomic mass is 9.71. The van der Waals surface area contributed by atoms with E-state index in [9.17, 15) is 9.90 Å². The van der Waals surface area contributed by atoms with E-state index in [-0.39, 0.29) is 24.7 Å². The number of rotatable bonds is 11. The zero-order chi connectivity index (χ0) is 21.6. The molecule has 2 aliphatic rings. The number of benzene rings is 1. The predicted molar refractivity (Wildman–Crippen MR) is 113 cm³/mol. The third-order valence-electron chi connectivity index (χ3n) is 5.46. The number of carbonyl (C=O) groups excluding carboxylic acids is 1. The molecule has 3 rings (SSSR count). The van der Waals surface area contributed by atoms with Crippen LogP contribution in [-0.4, -0.2) is 49.7 Å². The van der Waals surface area contributed by atoms with Crippen molar-refractivity contribution in [3.8, 4) is 5.75 Å². The molecule has 1 aromatic carbocycles. The molecule has 0 aromatic heterocycles. The van der Waals surface area contributed by atoms with Crippen molar-refractivity contribution in [2.24, 2.45) is 5.92 Å². The van der Waals surface area contributed by atoms with Crippen molar-refractivity contribution >= 4 is 5.97 Å². The molecule has 30 heavy (non-hydrogen) atoms. The Morgan fingerprint density at radius 2 is 2.03 bits per heavy atom. The van der Waals surface area contributed by atoms with Gasteiger partial charge in [-0.05, 0) is 47.6 Å². The first-order valence-corrected chi connectivity index (χ1v) is 10.2. The number of aliphatic hydroxyl groups excluding tert-OH is 1. The largest absolute Gasteiger partial charge is 0.491 e. The molecule has 0 bridgehead atoms. The number of esters is 1. The summed E-state index contributed by atoms with van der Waals surface area (Å²) in [4.78, 5) is 11.0. The van der Waals surface area contributed by atoms with Gasteiger partial charge in [0.1, 0.15) is 43.5 Å². The number of hydrogen-bond donors (Lipinski definition) is 1. The number of carbonyl (C=O) groups is 1. The molecule has 1 aliphatic heterocycles. The SMILES string of the molecule is C=CC(=O)OCC(O)COc1ccc(C(C)(C)C2C=CC(OCC3CO3)=CC2)cc1. The lowest BCUT2D eigenvalue weighted by Gasteiger charge is -2.34. The first kappa shape index (κ1) is 22.1. The highest BCUT2D eigenvalue weighted by atomic mass is 16.6. The molecule has 3 unspecified atom stereocenters. The summed E-state index contributed by atoms with van der Waals surface area (Å²) in [6.07, 6.45) is 7.75. The second-order valence-electron chi connectivity index (χ2n) is 8.12. The van der Waals surface area contributed by atoms with Gasteiger partial charge in [-0.2, -0.15) is 0 Å². The van der Waals surface area contributed by atoms with Crippen LogP contribution in [0.25, 0.3) is 0 Å². The van der Waals surface area contributed by atoms with Gasteiger partial charge >= 0.3 is 5.97 Å². The van der Waals surface area contributed by atoms with Gasteiger partial charge in [-0.15, -0.1) is 0 Å². The normalized spacial score (nSPS) is 21.4. The fourth-order valence-electron chi connectivity index (χ4n) is 3.27. The predicted octanol–water partition coefficient (Wildman–Crippen LogP) is 3.31. The Bertz CT molecular complexity index is 788. The summed E-state index contributed by atoms with van der Waals surface area (Å²) in [5.74, 6) is 1.36. The number of allylic oxidation sites excluding steroid dienone is 3. The minimum atomic E-state index is -0.896. The smallest absolute Gasteiger partial charge is 0.330 e. The summed E-state index contributed by atoms with van der Waals surface area (Å²) < 4.78 is 21.3. The Balaban J connectivity index is 1.49. The van der Waals surface area contributed by atoms with Crippen molar-refractivity contribution in [2.45, 2.75) is 37.9 Å². The summed E-state index contributed by atoms with van der Waals surface area (Å²) in [6.45, 7) is 9.10. The van der Waals surface area contributed by atoms with Crippen LogP contribution in [0.4, 0.5) is 0 Å². The van der Waals surface area contributed by atoms with Crippen LogP contribution in [0.5, 0.6) is 5.75 Å². The van der Waals surface area contributed by atoms with Gasteiger partial charge in [0.15, 0.2) is 0 Å². The number of aliphatic hydroxyl groups is 1. The summed E-state index contributed by atoms with van der Waals surface area (Å²) >= 11 is 0. The third-order valence-corrected chi connectivity index (χ3v) is 5.46. The Kier molecular flexibility index (Phi) is 7.34. The van der Waals surface area contributed by atoms with E-state index in [1.54, 1.807) is 0 Å². The van der Waals surface area contributed by atoms with Crippen molar-refractivity contribution < 1.29 is 28.8 Å². The molecule has 0 amide bonds. The van der Waals surface area contributed by atoms with Crippen LogP contribution in [0.2, 0.25) is 0 Å². The van der Waals surface area contributed by atoms with E-state index in [1.165, 1.54) is 5.56 Å². The van der Waals surface area contributed by atoms with Crippen molar-refractivity contribution in [3.63, 3.8) is 0 Å². The highest BCUT2D eigenvalue weighted by Gasteiger charge is 2.31. The molecule has 1 N–H and O–H groups in total. The van der Waals surface area contributed by atoms with Gasteiger partial charge in [-0.3, -0.25) is 0 Å². The third kappa shape index (κ3) is 6.21. The summed E-state index contributed by atoms with van der Waals surface area (Å²) in [6, 6.07) is 7.89. The monoisotopic (exact) mass is 414 g/mol. The molecule has 1 heterocycles. The molecule has 0 spiro atoms. The average Bonchev–Trinajstić information content (AvgIpc) is 3.59. The molecule has 3 atom stereocenters. The van der Waals surface area contributed by atoms with Gasteiger partial charge in [-0.25, -0.2) is 4.79 Å². The molecule has 1 aromatic rings. The molecule has 6 heteroatoms. The highest BCUT2D eigenvalue weighted by molar-refractivity contribution is 5.81. The number of ether oxygens (including phenoxy) is 4. The number of epoxide rings is 1. The minimum absolute atomic E-state index is 0.0397. The van der Waals surface area contributed by atoms with Crippen molar-refractivity contribution in [1.29, 1.82) is 0 Å². The standard InChI is InChI=1S/C24H30O6/c1-4-23(26)30-14-19(25)13-27-20-9-5-17(6-10-20)24(2,3)18-7-11-21(12-8-18)28-15-22-16-29-22/h4-7,9-12,18-19,22,25H,1,8,13-16H2,2-3H3. The summed E-state index contributed by atoms with van der Waals surface area (Å²) in [5, 5.41) is 9.84. The van der Waals surface area contributed by atoms with E-state index in [2.05, 4.69) is 38.7 Å². The fourth-order valence-corrected chi connectivity index (χ4v) is 3.27. The van der Waals surface area contributed by atoms with E-state index >= 15 is 0 Å². The minimum Gasteiger partial charge on any atom is -0.491 e. The van der Waals surface area contributed by atoms with Crippen molar-refractivity contribution in [3.05, 3.63) is 66.5 Å². The molecule has 162 valence electrons. The van der Waals surface area contributed by atoms with E-state index in [0.717, 1.165) is 24.9 Å². The fraction of sp³-hybridized carbons (Fsp3) is 0.458. The quantitative estimate of drug-likeness (QED) is 0.340. The zero-order valence-corrected chi connectivity index (χ0v) is 17.6. The van der Waals surface area contributed by atoms with Crippen LogP contribution in [0.15, 0.2) is 60.9 Å². The maximum absolute atomic E-state index is 11.0. The second kappa shape index (κ2) is 9.96. The van der Waals surface area contributed by atoms with Crippen molar-refractivity contribution in [1.82, 2.24) is 0 Å². The van der Waals surface area contributed by atoms with Gasteiger partial charge < -0.3 is 24.1 Å². The first-order valence-electron chi connectivity index (χ1n) is 10.2. The molecule has 1 fully saturated rings. The molecule has 1 saturated heterocycles. The highest BCUT2D eigenvalue weighted by Crippen LogP contribution is 2.38. The Morgan fingerprint density at radius 1 is 1.30 bits per heavy atom. The summed E-state index contributed by atoms with van der Waals surface area (Å²) in [7, 11) is 0. The lowest BCUT2D eigenvalue weighted by molar-refractivity contribution is -0.141. The maximum Gasteiger partial charge on any atom is 0.330 e.